The Morgan fingerprint density at radius 1 is 0.833 bits per heavy atom. The van der Waals surface area contributed by atoms with Gasteiger partial charge in [0, 0.05) is 0 Å². The van der Waals surface area contributed by atoms with Crippen molar-refractivity contribution < 1.29 is 8.42 Å². The Morgan fingerprint density at radius 3 is 2.00 bits per heavy atom. The average molecular weight is 334 g/mol. The molecule has 24 heavy (non-hydrogen) atoms. The first-order valence-corrected chi connectivity index (χ1v) is 8.13. The molecule has 0 fully saturated rings. The number of para-hydroxylation sites is 1. The van der Waals surface area contributed by atoms with E-state index in [0.717, 1.165) is 0 Å². The number of nitrogens with one attached hydrogen (secondary N) is 1. The molecule has 2 aromatic rings. The van der Waals surface area contributed by atoms with Crippen LogP contribution >= 0.6 is 0 Å². The summed E-state index contributed by atoms with van der Waals surface area (Å²) in [5, 5.41) is 29.4. The minimum atomic E-state index is -3.82. The molecule has 0 saturated carbocycles. The van der Waals surface area contributed by atoms with Gasteiger partial charge in [0.1, 0.15) is 23.9 Å². The lowest BCUT2D eigenvalue weighted by atomic mass is 10.2. The normalized spacial score (nSPS) is 9.88. The fourth-order valence-electron chi connectivity index (χ4n) is 1.95. The highest BCUT2D eigenvalue weighted by Crippen LogP contribution is 2.28. The van der Waals surface area contributed by atoms with E-state index in [1.54, 1.807) is 48.5 Å². The van der Waals surface area contributed by atoms with Gasteiger partial charge in [0.2, 0.25) is 9.84 Å². The maximum atomic E-state index is 12.8. The monoisotopic (exact) mass is 334 g/mol. The number of rotatable bonds is 4. The highest BCUT2D eigenvalue weighted by atomic mass is 32.2. The summed E-state index contributed by atoms with van der Waals surface area (Å²) in [6.45, 7) is 0. The quantitative estimate of drug-likeness (QED) is 0.859. The first kappa shape index (κ1) is 16.8. The lowest BCUT2D eigenvalue weighted by molar-refractivity contribution is 0.596. The molecule has 0 spiro atoms. The van der Waals surface area contributed by atoms with Crippen molar-refractivity contribution in [2.24, 2.45) is 0 Å². The van der Waals surface area contributed by atoms with Crippen LogP contribution in [0.25, 0.3) is 0 Å². The van der Waals surface area contributed by atoms with Crippen molar-refractivity contribution in [1.29, 1.82) is 15.8 Å². The van der Waals surface area contributed by atoms with E-state index in [4.69, 9.17) is 15.8 Å². The van der Waals surface area contributed by atoms with Gasteiger partial charge in [-0.25, -0.2) is 8.42 Å². The van der Waals surface area contributed by atoms with Crippen molar-refractivity contribution in [3.8, 4) is 18.2 Å². The lowest BCUT2D eigenvalue weighted by Gasteiger charge is -2.12. The molecular weight excluding hydrogens is 324 g/mol. The number of hydrogen-bond donors (Lipinski definition) is 1. The van der Waals surface area contributed by atoms with Crippen molar-refractivity contribution in [2.75, 3.05) is 5.32 Å². The van der Waals surface area contributed by atoms with Crippen molar-refractivity contribution in [3.05, 3.63) is 65.9 Å². The van der Waals surface area contributed by atoms with E-state index in [1.165, 1.54) is 24.3 Å². The summed E-state index contributed by atoms with van der Waals surface area (Å²) < 4.78 is 25.5. The SMILES string of the molecule is N#CC(C#N)=C(C#N)Nc1ccccc1S(=O)(=O)c1ccccc1. The van der Waals surface area contributed by atoms with E-state index in [0.29, 0.717) is 0 Å². The van der Waals surface area contributed by atoms with E-state index in [2.05, 4.69) is 5.32 Å². The van der Waals surface area contributed by atoms with E-state index in [-0.39, 0.29) is 21.2 Å². The molecule has 0 heterocycles. The van der Waals surface area contributed by atoms with Crippen LogP contribution in [0.2, 0.25) is 0 Å². The van der Waals surface area contributed by atoms with Gasteiger partial charge in [-0.2, -0.15) is 15.8 Å². The molecule has 0 aliphatic rings. The van der Waals surface area contributed by atoms with Crippen LogP contribution in [0.1, 0.15) is 0 Å². The molecule has 0 saturated heterocycles. The third-order valence-corrected chi connectivity index (χ3v) is 4.90. The van der Waals surface area contributed by atoms with Gasteiger partial charge in [0.15, 0.2) is 5.57 Å². The van der Waals surface area contributed by atoms with E-state index < -0.39 is 15.4 Å². The molecule has 0 atom stereocenters. The smallest absolute Gasteiger partial charge is 0.208 e. The molecule has 1 N–H and O–H groups in total. The molecule has 0 aliphatic carbocycles. The Bertz CT molecular complexity index is 1000. The first-order valence-electron chi connectivity index (χ1n) is 6.65. The molecule has 116 valence electrons. The minimum Gasteiger partial charge on any atom is -0.344 e. The summed E-state index contributed by atoms with van der Waals surface area (Å²) in [5.74, 6) is 0. The highest BCUT2D eigenvalue weighted by Gasteiger charge is 2.21. The van der Waals surface area contributed by atoms with Crippen LogP contribution < -0.4 is 5.32 Å². The summed E-state index contributed by atoms with van der Waals surface area (Å²) in [5.41, 5.74) is -0.624. The number of allylic oxidation sites excluding steroid dienone is 2. The van der Waals surface area contributed by atoms with Gasteiger partial charge in [-0.1, -0.05) is 30.3 Å². The number of benzene rings is 2. The van der Waals surface area contributed by atoms with Crippen LogP contribution in [0.5, 0.6) is 0 Å². The van der Waals surface area contributed by atoms with Crippen LogP contribution in [0.3, 0.4) is 0 Å². The van der Waals surface area contributed by atoms with Gasteiger partial charge in [-0.05, 0) is 24.3 Å². The maximum Gasteiger partial charge on any atom is 0.208 e. The fourth-order valence-corrected chi connectivity index (χ4v) is 3.38. The van der Waals surface area contributed by atoms with Crippen LogP contribution in [-0.4, -0.2) is 8.42 Å². The Labute approximate surface area is 139 Å². The highest BCUT2D eigenvalue weighted by molar-refractivity contribution is 7.91. The van der Waals surface area contributed by atoms with Crippen LogP contribution in [-0.2, 0) is 9.84 Å². The molecule has 7 heteroatoms. The fraction of sp³-hybridized carbons (Fsp3) is 0. The van der Waals surface area contributed by atoms with Gasteiger partial charge in [0.25, 0.3) is 0 Å². The first-order chi connectivity index (χ1) is 11.5. The Kier molecular flexibility index (Phi) is 4.96. The molecule has 0 aromatic heterocycles. The van der Waals surface area contributed by atoms with Gasteiger partial charge in [0.05, 0.1) is 15.5 Å². The second kappa shape index (κ2) is 7.11. The lowest BCUT2D eigenvalue weighted by Crippen LogP contribution is -2.08. The molecule has 6 nitrogen and oxygen atoms in total. The third kappa shape index (κ3) is 3.25. The predicted molar refractivity (Wildman–Crippen MR) is 85.8 cm³/mol. The van der Waals surface area contributed by atoms with Gasteiger partial charge >= 0.3 is 0 Å². The summed E-state index contributed by atoms with van der Waals surface area (Å²) in [6, 6.07) is 18.7. The predicted octanol–water partition coefficient (Wildman–Crippen LogP) is 2.76. The minimum absolute atomic E-state index is 0.0563. The average Bonchev–Trinajstić information content (AvgIpc) is 2.62. The zero-order valence-corrected chi connectivity index (χ0v) is 13.1. The van der Waals surface area contributed by atoms with Crippen molar-refractivity contribution in [2.45, 2.75) is 9.79 Å². The largest absolute Gasteiger partial charge is 0.344 e. The van der Waals surface area contributed by atoms with E-state index in [9.17, 15) is 8.42 Å². The van der Waals surface area contributed by atoms with Crippen molar-refractivity contribution in [1.82, 2.24) is 0 Å². The number of sulfone groups is 1. The number of nitriles is 3. The van der Waals surface area contributed by atoms with E-state index in [1.807, 2.05) is 0 Å². The van der Waals surface area contributed by atoms with Gasteiger partial charge < -0.3 is 5.32 Å². The summed E-state index contributed by atoms with van der Waals surface area (Å²) in [7, 11) is -3.82. The Morgan fingerprint density at radius 2 is 1.42 bits per heavy atom. The second-order valence-corrected chi connectivity index (χ2v) is 6.44. The topological polar surface area (TPSA) is 118 Å². The van der Waals surface area contributed by atoms with Crippen molar-refractivity contribution in [3.63, 3.8) is 0 Å². The second-order valence-electron chi connectivity index (χ2n) is 4.52. The summed E-state index contributed by atoms with van der Waals surface area (Å²) in [4.78, 5) is 0.0432. The third-order valence-electron chi connectivity index (χ3n) is 3.08. The summed E-state index contributed by atoms with van der Waals surface area (Å²) >= 11 is 0. The zero-order chi connectivity index (χ0) is 17.6. The van der Waals surface area contributed by atoms with Crippen LogP contribution in [0, 0.1) is 34.0 Å². The number of nitrogens with zero attached hydrogens (tertiary/aromatic N) is 3. The zero-order valence-electron chi connectivity index (χ0n) is 12.3. The Balaban J connectivity index is 2.59. The maximum absolute atomic E-state index is 12.8. The molecule has 0 unspecified atom stereocenters. The molecule has 0 radical (unpaired) electrons. The van der Waals surface area contributed by atoms with Crippen LogP contribution in [0.15, 0.2) is 75.7 Å². The number of anilines is 1. The van der Waals surface area contributed by atoms with Crippen molar-refractivity contribution >= 4 is 15.5 Å². The molecule has 2 aromatic carbocycles. The van der Waals surface area contributed by atoms with Gasteiger partial charge in [-0.15, -0.1) is 0 Å². The molecule has 0 aliphatic heterocycles. The van der Waals surface area contributed by atoms with Gasteiger partial charge in [-0.3, -0.25) is 0 Å². The summed E-state index contributed by atoms with van der Waals surface area (Å²) in [6.07, 6.45) is 0. The molecular formula is C17H10N4O2S. The molecule has 2 rings (SSSR count). The standard InChI is InChI=1S/C17H10N4O2S/c18-10-13(11-19)16(12-20)21-15-8-4-5-9-17(15)24(22,23)14-6-2-1-3-7-14/h1-9,21H. The van der Waals surface area contributed by atoms with Crippen LogP contribution in [0.4, 0.5) is 5.69 Å². The van der Waals surface area contributed by atoms with E-state index >= 15 is 0 Å². The number of hydrogen-bond acceptors (Lipinski definition) is 6. The molecule has 0 amide bonds. The molecule has 0 bridgehead atoms. The Hall–Kier alpha value is -3.60.